The summed E-state index contributed by atoms with van der Waals surface area (Å²) in [6.07, 6.45) is 0.575. The molecule has 2 N–H and O–H groups in total. The van der Waals surface area contributed by atoms with E-state index in [1.807, 2.05) is 25.1 Å². The number of methoxy groups -OCH3 is 1. The average molecular weight is 474 g/mol. The summed E-state index contributed by atoms with van der Waals surface area (Å²) in [5.41, 5.74) is 2.31. The fraction of sp³-hybridized carbons (Fsp3) is 0.417. The van der Waals surface area contributed by atoms with Gasteiger partial charge in [0, 0.05) is 30.8 Å². The van der Waals surface area contributed by atoms with Crippen molar-refractivity contribution in [1.82, 2.24) is 10.0 Å². The van der Waals surface area contributed by atoms with Gasteiger partial charge in [0.15, 0.2) is 0 Å². The highest BCUT2D eigenvalue weighted by Crippen LogP contribution is 2.34. The van der Waals surface area contributed by atoms with E-state index >= 15 is 0 Å². The van der Waals surface area contributed by atoms with Crippen LogP contribution in [-0.2, 0) is 32.6 Å². The molecule has 0 aromatic heterocycles. The maximum absolute atomic E-state index is 13.1. The molecule has 33 heavy (non-hydrogen) atoms. The molecule has 2 aromatic rings. The van der Waals surface area contributed by atoms with Gasteiger partial charge in [-0.1, -0.05) is 32.0 Å². The number of rotatable bonds is 8. The van der Waals surface area contributed by atoms with Gasteiger partial charge in [-0.25, -0.2) is 8.42 Å². The van der Waals surface area contributed by atoms with E-state index in [4.69, 9.17) is 4.74 Å². The second kappa shape index (κ2) is 9.93. The van der Waals surface area contributed by atoms with Crippen LogP contribution >= 0.6 is 0 Å². The fourth-order valence-corrected chi connectivity index (χ4v) is 5.52. The predicted octanol–water partition coefficient (Wildman–Crippen LogP) is 2.61. The lowest BCUT2D eigenvalue weighted by Gasteiger charge is -2.22. The van der Waals surface area contributed by atoms with Gasteiger partial charge >= 0.3 is 0 Å². The monoisotopic (exact) mass is 473 g/mol. The van der Waals surface area contributed by atoms with Crippen molar-refractivity contribution in [3.05, 3.63) is 53.6 Å². The molecule has 1 aliphatic rings. The first kappa shape index (κ1) is 24.7. The van der Waals surface area contributed by atoms with Crippen LogP contribution in [0.1, 0.15) is 38.8 Å². The lowest BCUT2D eigenvalue weighted by Crippen LogP contribution is -2.49. The standard InChI is InChI=1S/C24H31N3O5S/c1-15(2)23(24(29)25-14-18-8-6-7-9-22(18)32-5)26-33(30,31)20-10-11-21-19(13-20)12-16(3)27(21)17(4)28/h6-11,13,15-16,23,26H,12,14H2,1-5H3,(H,25,29)/t16-,23+/m0/s1. The van der Waals surface area contributed by atoms with Crippen molar-refractivity contribution in [2.75, 3.05) is 12.0 Å². The van der Waals surface area contributed by atoms with E-state index in [9.17, 15) is 18.0 Å². The van der Waals surface area contributed by atoms with E-state index in [1.54, 1.807) is 44.1 Å². The highest BCUT2D eigenvalue weighted by molar-refractivity contribution is 7.89. The van der Waals surface area contributed by atoms with E-state index in [1.165, 1.54) is 13.0 Å². The molecule has 0 aliphatic carbocycles. The Kier molecular flexibility index (Phi) is 7.44. The van der Waals surface area contributed by atoms with Gasteiger partial charge in [-0.05, 0) is 49.1 Å². The van der Waals surface area contributed by atoms with Crippen LogP contribution in [0.2, 0.25) is 0 Å². The zero-order valence-electron chi connectivity index (χ0n) is 19.6. The molecule has 2 amide bonds. The SMILES string of the molecule is COc1ccccc1CNC(=O)[C@H](NS(=O)(=O)c1ccc2c(c1)C[C@H](C)N2C(C)=O)C(C)C. The third-order valence-electron chi connectivity index (χ3n) is 5.79. The number of carbonyl (C=O) groups excluding carboxylic acids is 2. The van der Waals surface area contributed by atoms with Crippen LogP contribution in [0, 0.1) is 5.92 Å². The first-order valence-electron chi connectivity index (χ1n) is 10.9. The fourth-order valence-electron chi connectivity index (χ4n) is 4.12. The first-order valence-corrected chi connectivity index (χ1v) is 12.4. The second-order valence-corrected chi connectivity index (χ2v) is 10.3. The van der Waals surface area contributed by atoms with Gasteiger partial charge in [0.05, 0.1) is 12.0 Å². The second-order valence-electron chi connectivity index (χ2n) is 8.61. The third-order valence-corrected chi connectivity index (χ3v) is 7.23. The van der Waals surface area contributed by atoms with Crippen molar-refractivity contribution in [3.8, 4) is 5.75 Å². The summed E-state index contributed by atoms with van der Waals surface area (Å²) in [7, 11) is -2.41. The number of amides is 2. The molecule has 2 aromatic carbocycles. The quantitative estimate of drug-likeness (QED) is 0.613. The number of nitrogens with one attached hydrogen (secondary N) is 2. The number of nitrogens with zero attached hydrogens (tertiary/aromatic N) is 1. The van der Waals surface area contributed by atoms with Gasteiger partial charge in [0.1, 0.15) is 11.8 Å². The van der Waals surface area contributed by atoms with Crippen molar-refractivity contribution in [3.63, 3.8) is 0 Å². The molecule has 0 saturated carbocycles. The molecule has 178 valence electrons. The van der Waals surface area contributed by atoms with Crippen molar-refractivity contribution in [1.29, 1.82) is 0 Å². The minimum absolute atomic E-state index is 0.0346. The Morgan fingerprint density at radius 3 is 2.52 bits per heavy atom. The zero-order chi connectivity index (χ0) is 24.3. The Labute approximate surface area is 195 Å². The van der Waals surface area contributed by atoms with Crippen molar-refractivity contribution < 1.29 is 22.7 Å². The molecule has 1 aliphatic heterocycles. The van der Waals surface area contributed by atoms with Crippen LogP contribution in [0.5, 0.6) is 5.75 Å². The van der Waals surface area contributed by atoms with Crippen LogP contribution in [0.15, 0.2) is 47.4 Å². The van der Waals surface area contributed by atoms with Gasteiger partial charge in [-0.2, -0.15) is 4.72 Å². The topological polar surface area (TPSA) is 105 Å². The van der Waals surface area contributed by atoms with E-state index in [0.29, 0.717) is 12.2 Å². The summed E-state index contributed by atoms with van der Waals surface area (Å²) in [6, 6.07) is 11.0. The molecular formula is C24H31N3O5S. The van der Waals surface area contributed by atoms with Crippen LogP contribution < -0.4 is 19.7 Å². The highest BCUT2D eigenvalue weighted by atomic mass is 32.2. The van der Waals surface area contributed by atoms with Crippen molar-refractivity contribution >= 4 is 27.5 Å². The summed E-state index contributed by atoms with van der Waals surface area (Å²) in [5, 5.41) is 2.80. The maximum Gasteiger partial charge on any atom is 0.241 e. The van der Waals surface area contributed by atoms with Gasteiger partial charge in [-0.15, -0.1) is 0 Å². The lowest BCUT2D eigenvalue weighted by atomic mass is 10.0. The molecule has 8 nitrogen and oxygen atoms in total. The molecule has 0 spiro atoms. The molecule has 3 rings (SSSR count). The number of benzene rings is 2. The van der Waals surface area contributed by atoms with Gasteiger partial charge in [-0.3, -0.25) is 9.59 Å². The Hall–Kier alpha value is -2.91. The summed E-state index contributed by atoms with van der Waals surface area (Å²) < 4.78 is 34.1. The number of para-hydroxylation sites is 1. The molecule has 1 heterocycles. The molecular weight excluding hydrogens is 442 g/mol. The third kappa shape index (κ3) is 5.36. The summed E-state index contributed by atoms with van der Waals surface area (Å²) in [6.45, 7) is 7.20. The first-order chi connectivity index (χ1) is 15.5. The number of anilines is 1. The van der Waals surface area contributed by atoms with E-state index < -0.39 is 22.0 Å². The molecule has 0 bridgehead atoms. The van der Waals surface area contributed by atoms with Crippen molar-refractivity contribution in [2.45, 2.75) is 57.6 Å². The summed E-state index contributed by atoms with van der Waals surface area (Å²) in [4.78, 5) is 26.6. The molecule has 0 saturated heterocycles. The molecule has 0 unspecified atom stereocenters. The number of ether oxygens (including phenoxy) is 1. The number of carbonyl (C=O) groups is 2. The average Bonchev–Trinajstić information content (AvgIpc) is 3.10. The zero-order valence-corrected chi connectivity index (χ0v) is 20.4. The van der Waals surface area contributed by atoms with Crippen molar-refractivity contribution in [2.24, 2.45) is 5.92 Å². The van der Waals surface area contributed by atoms with E-state index in [-0.39, 0.29) is 29.3 Å². The van der Waals surface area contributed by atoms with Gasteiger partial charge < -0.3 is 15.0 Å². The number of fused-ring (bicyclic) bond motifs is 1. The number of sulfonamides is 1. The smallest absolute Gasteiger partial charge is 0.241 e. The maximum atomic E-state index is 13.1. The largest absolute Gasteiger partial charge is 0.496 e. The minimum atomic E-state index is -3.96. The summed E-state index contributed by atoms with van der Waals surface area (Å²) in [5.74, 6) is -0.134. The van der Waals surface area contributed by atoms with Crippen LogP contribution in [0.3, 0.4) is 0 Å². The molecule has 2 atom stereocenters. The van der Waals surface area contributed by atoms with E-state index in [0.717, 1.165) is 16.8 Å². The predicted molar refractivity (Wildman–Crippen MR) is 127 cm³/mol. The molecule has 0 radical (unpaired) electrons. The highest BCUT2D eigenvalue weighted by Gasteiger charge is 2.32. The Bertz CT molecular complexity index is 1150. The summed E-state index contributed by atoms with van der Waals surface area (Å²) >= 11 is 0. The Morgan fingerprint density at radius 2 is 1.88 bits per heavy atom. The van der Waals surface area contributed by atoms with Crippen LogP contribution in [0.25, 0.3) is 0 Å². The molecule has 9 heteroatoms. The normalized spacial score (nSPS) is 16.4. The lowest BCUT2D eigenvalue weighted by molar-refractivity contribution is -0.123. The Morgan fingerprint density at radius 1 is 1.18 bits per heavy atom. The number of hydrogen-bond acceptors (Lipinski definition) is 5. The van der Waals surface area contributed by atoms with E-state index in [2.05, 4.69) is 10.0 Å². The van der Waals surface area contributed by atoms with Crippen LogP contribution in [0.4, 0.5) is 5.69 Å². The van der Waals surface area contributed by atoms with Crippen LogP contribution in [-0.4, -0.2) is 39.4 Å². The van der Waals surface area contributed by atoms with Gasteiger partial charge in [0.25, 0.3) is 0 Å². The van der Waals surface area contributed by atoms with Gasteiger partial charge in [0.2, 0.25) is 21.8 Å². The minimum Gasteiger partial charge on any atom is -0.496 e. The number of hydrogen-bond donors (Lipinski definition) is 2. The molecule has 0 fully saturated rings. The Balaban J connectivity index is 1.77.